The van der Waals surface area contributed by atoms with Crippen LogP contribution in [0.5, 0.6) is 0 Å². The molecule has 2 rings (SSSR count). The Morgan fingerprint density at radius 1 is 1.29 bits per heavy atom. The van der Waals surface area contributed by atoms with Gasteiger partial charge in [-0.15, -0.1) is 0 Å². The van der Waals surface area contributed by atoms with E-state index in [0.29, 0.717) is 19.5 Å². The highest BCUT2D eigenvalue weighted by molar-refractivity contribution is 5.90. The topological polar surface area (TPSA) is 49.4 Å². The zero-order valence-corrected chi connectivity index (χ0v) is 13.1. The molecule has 0 radical (unpaired) electrons. The Labute approximate surface area is 126 Å². The summed E-state index contributed by atoms with van der Waals surface area (Å²) in [5.74, 6) is 0.163. The van der Waals surface area contributed by atoms with Crippen LogP contribution in [0.25, 0.3) is 0 Å². The third kappa shape index (κ3) is 3.84. The minimum Gasteiger partial charge on any atom is -0.344 e. The molecule has 0 bridgehead atoms. The van der Waals surface area contributed by atoms with Gasteiger partial charge in [-0.1, -0.05) is 50.1 Å². The molecule has 2 amide bonds. The van der Waals surface area contributed by atoms with Gasteiger partial charge in [0.25, 0.3) is 0 Å². The molecule has 2 unspecified atom stereocenters. The zero-order chi connectivity index (χ0) is 15.4. The SMILES string of the molecule is CCC(C)C1NC(=O)CCN(Cc2ccc(C)cc2)C1=O. The van der Waals surface area contributed by atoms with Crippen molar-refractivity contribution in [3.8, 4) is 0 Å². The predicted molar refractivity (Wildman–Crippen MR) is 82.6 cm³/mol. The van der Waals surface area contributed by atoms with Crippen molar-refractivity contribution in [2.75, 3.05) is 6.54 Å². The van der Waals surface area contributed by atoms with Gasteiger partial charge in [0, 0.05) is 19.5 Å². The molecular formula is C17H24N2O2. The summed E-state index contributed by atoms with van der Waals surface area (Å²) in [6, 6.07) is 7.79. The summed E-state index contributed by atoms with van der Waals surface area (Å²) in [4.78, 5) is 26.3. The minimum atomic E-state index is -0.393. The fourth-order valence-electron chi connectivity index (χ4n) is 2.54. The number of rotatable bonds is 4. The van der Waals surface area contributed by atoms with Crippen LogP contribution in [0.2, 0.25) is 0 Å². The molecule has 1 saturated heterocycles. The number of carbonyl (C=O) groups is 2. The maximum atomic E-state index is 12.7. The van der Waals surface area contributed by atoms with Crippen molar-refractivity contribution in [2.45, 2.75) is 46.2 Å². The number of carbonyl (C=O) groups excluding carboxylic acids is 2. The largest absolute Gasteiger partial charge is 0.344 e. The molecule has 1 heterocycles. The summed E-state index contributed by atoms with van der Waals surface area (Å²) in [7, 11) is 0. The molecule has 4 nitrogen and oxygen atoms in total. The number of nitrogens with zero attached hydrogens (tertiary/aromatic N) is 1. The molecule has 1 fully saturated rings. The van der Waals surface area contributed by atoms with Gasteiger partial charge in [0.05, 0.1) is 0 Å². The van der Waals surface area contributed by atoms with E-state index in [1.54, 1.807) is 4.90 Å². The van der Waals surface area contributed by atoms with Gasteiger partial charge in [0.2, 0.25) is 11.8 Å². The molecule has 1 aliphatic rings. The van der Waals surface area contributed by atoms with E-state index in [1.807, 2.05) is 45.0 Å². The van der Waals surface area contributed by atoms with E-state index in [9.17, 15) is 9.59 Å². The quantitative estimate of drug-likeness (QED) is 0.924. The maximum absolute atomic E-state index is 12.7. The molecule has 1 aromatic carbocycles. The van der Waals surface area contributed by atoms with Crippen molar-refractivity contribution in [1.82, 2.24) is 10.2 Å². The third-order valence-electron chi connectivity index (χ3n) is 4.21. The molecular weight excluding hydrogens is 264 g/mol. The molecule has 0 aliphatic carbocycles. The van der Waals surface area contributed by atoms with Crippen molar-refractivity contribution in [3.63, 3.8) is 0 Å². The Hall–Kier alpha value is -1.84. The summed E-state index contributed by atoms with van der Waals surface area (Å²) in [5, 5.41) is 2.87. The summed E-state index contributed by atoms with van der Waals surface area (Å²) in [6.07, 6.45) is 1.25. The standard InChI is InChI=1S/C17H24N2O2/c1-4-13(3)16-17(21)19(10-9-15(20)18-16)11-14-7-5-12(2)6-8-14/h5-8,13,16H,4,9-11H2,1-3H3,(H,18,20). The van der Waals surface area contributed by atoms with Gasteiger partial charge in [-0.05, 0) is 18.4 Å². The number of hydrogen-bond acceptors (Lipinski definition) is 2. The van der Waals surface area contributed by atoms with Crippen LogP contribution in [-0.4, -0.2) is 29.3 Å². The highest BCUT2D eigenvalue weighted by atomic mass is 16.2. The highest BCUT2D eigenvalue weighted by Crippen LogP contribution is 2.16. The number of aryl methyl sites for hydroxylation is 1. The highest BCUT2D eigenvalue weighted by Gasteiger charge is 2.32. The second-order valence-electron chi connectivity index (χ2n) is 5.93. The summed E-state index contributed by atoms with van der Waals surface area (Å²) >= 11 is 0. The Morgan fingerprint density at radius 2 is 1.95 bits per heavy atom. The van der Waals surface area contributed by atoms with Crippen molar-refractivity contribution in [1.29, 1.82) is 0 Å². The first-order valence-corrected chi connectivity index (χ1v) is 7.65. The normalized spacial score (nSPS) is 20.9. The predicted octanol–water partition coefficient (Wildman–Crippen LogP) is 2.26. The van der Waals surface area contributed by atoms with Gasteiger partial charge in [-0.3, -0.25) is 9.59 Å². The lowest BCUT2D eigenvalue weighted by Crippen LogP contribution is -2.48. The first-order valence-electron chi connectivity index (χ1n) is 7.65. The second-order valence-corrected chi connectivity index (χ2v) is 5.93. The number of benzene rings is 1. The van der Waals surface area contributed by atoms with E-state index in [-0.39, 0.29) is 17.7 Å². The molecule has 114 valence electrons. The van der Waals surface area contributed by atoms with E-state index >= 15 is 0 Å². The van der Waals surface area contributed by atoms with Crippen molar-refractivity contribution in [3.05, 3.63) is 35.4 Å². The summed E-state index contributed by atoms with van der Waals surface area (Å²) < 4.78 is 0. The third-order valence-corrected chi connectivity index (χ3v) is 4.21. The number of hydrogen-bond donors (Lipinski definition) is 1. The fraction of sp³-hybridized carbons (Fsp3) is 0.529. The molecule has 0 saturated carbocycles. The molecule has 0 spiro atoms. The maximum Gasteiger partial charge on any atom is 0.245 e. The Kier molecular flexibility index (Phi) is 4.99. The van der Waals surface area contributed by atoms with Gasteiger partial charge < -0.3 is 10.2 Å². The monoisotopic (exact) mass is 288 g/mol. The first-order chi connectivity index (χ1) is 10.0. The molecule has 1 aliphatic heterocycles. The van der Waals surface area contributed by atoms with Crippen LogP contribution in [0.4, 0.5) is 0 Å². The van der Waals surface area contributed by atoms with Gasteiger partial charge in [0.1, 0.15) is 6.04 Å². The van der Waals surface area contributed by atoms with Crippen LogP contribution < -0.4 is 5.32 Å². The smallest absolute Gasteiger partial charge is 0.245 e. The Balaban J connectivity index is 2.15. The first kappa shape index (κ1) is 15.5. The Morgan fingerprint density at radius 3 is 2.57 bits per heavy atom. The molecule has 4 heteroatoms. The minimum absolute atomic E-state index is 0.0277. The van der Waals surface area contributed by atoms with Crippen LogP contribution in [-0.2, 0) is 16.1 Å². The van der Waals surface area contributed by atoms with Crippen LogP contribution >= 0.6 is 0 Å². The van der Waals surface area contributed by atoms with E-state index in [2.05, 4.69) is 5.32 Å². The van der Waals surface area contributed by atoms with Gasteiger partial charge in [-0.2, -0.15) is 0 Å². The lowest BCUT2D eigenvalue weighted by atomic mass is 9.98. The van der Waals surface area contributed by atoms with Crippen molar-refractivity contribution < 1.29 is 9.59 Å². The van der Waals surface area contributed by atoms with Gasteiger partial charge >= 0.3 is 0 Å². The van der Waals surface area contributed by atoms with Gasteiger partial charge in [-0.25, -0.2) is 0 Å². The van der Waals surface area contributed by atoms with Crippen LogP contribution in [0.3, 0.4) is 0 Å². The van der Waals surface area contributed by atoms with Gasteiger partial charge in [0.15, 0.2) is 0 Å². The summed E-state index contributed by atoms with van der Waals surface area (Å²) in [5.41, 5.74) is 2.31. The molecule has 0 aromatic heterocycles. The van der Waals surface area contributed by atoms with E-state index in [1.165, 1.54) is 5.56 Å². The number of nitrogens with one attached hydrogen (secondary N) is 1. The van der Waals surface area contributed by atoms with Crippen LogP contribution in [0.15, 0.2) is 24.3 Å². The van der Waals surface area contributed by atoms with Crippen molar-refractivity contribution in [2.24, 2.45) is 5.92 Å². The zero-order valence-electron chi connectivity index (χ0n) is 13.1. The number of amides is 2. The van der Waals surface area contributed by atoms with Crippen molar-refractivity contribution >= 4 is 11.8 Å². The van der Waals surface area contributed by atoms with E-state index in [4.69, 9.17) is 0 Å². The molecule has 21 heavy (non-hydrogen) atoms. The Bertz CT molecular complexity index is 510. The van der Waals surface area contributed by atoms with Crippen LogP contribution in [0, 0.1) is 12.8 Å². The van der Waals surface area contributed by atoms with E-state index in [0.717, 1.165) is 12.0 Å². The molecule has 1 aromatic rings. The average Bonchev–Trinajstić information content (AvgIpc) is 2.62. The van der Waals surface area contributed by atoms with E-state index < -0.39 is 6.04 Å². The lowest BCUT2D eigenvalue weighted by molar-refractivity contribution is -0.135. The van der Waals surface area contributed by atoms with Crippen LogP contribution in [0.1, 0.15) is 37.8 Å². The lowest BCUT2D eigenvalue weighted by Gasteiger charge is -2.27. The average molecular weight is 288 g/mol. The molecule has 1 N–H and O–H groups in total. The fourth-order valence-corrected chi connectivity index (χ4v) is 2.54. The summed E-state index contributed by atoms with van der Waals surface area (Å²) in [6.45, 7) is 7.16. The second kappa shape index (κ2) is 6.74. The molecule has 2 atom stereocenters.